The predicted octanol–water partition coefficient (Wildman–Crippen LogP) is 4.12. The lowest BCUT2D eigenvalue weighted by Crippen LogP contribution is -2.23. The van der Waals surface area contributed by atoms with Crippen LogP contribution in [0.1, 0.15) is 12.5 Å². The number of nitrogens with zero attached hydrogens (tertiary/aromatic N) is 1. The fourth-order valence-electron chi connectivity index (χ4n) is 2.34. The molecule has 3 amide bonds. The number of amides is 3. The van der Waals surface area contributed by atoms with Crippen molar-refractivity contribution >= 4 is 69.6 Å². The average Bonchev–Trinajstić information content (AvgIpc) is 3.02. The van der Waals surface area contributed by atoms with Gasteiger partial charge < -0.3 is 15.4 Å². The van der Waals surface area contributed by atoms with Crippen LogP contribution < -0.4 is 15.4 Å². The minimum atomic E-state index is -0.414. The second-order valence-corrected chi connectivity index (χ2v) is 7.89. The van der Waals surface area contributed by atoms with E-state index in [-0.39, 0.29) is 23.6 Å². The second-order valence-electron chi connectivity index (χ2n) is 6.05. The summed E-state index contributed by atoms with van der Waals surface area (Å²) >= 11 is 12.9. The molecular weight excluding hydrogens is 449 g/mol. The summed E-state index contributed by atoms with van der Waals surface area (Å²) in [5, 5.41) is 6.15. The first-order valence-corrected chi connectivity index (χ1v) is 10.2. The number of carbonyl (C=O) groups is 3. The number of carbonyl (C=O) groups excluding carboxylic acids is 3. The fourth-order valence-corrected chi connectivity index (χ4v) is 3.50. The molecule has 7 nitrogen and oxygen atoms in total. The van der Waals surface area contributed by atoms with Gasteiger partial charge in [0.1, 0.15) is 5.75 Å². The van der Waals surface area contributed by atoms with Gasteiger partial charge in [0.2, 0.25) is 5.91 Å². The number of anilines is 1. The molecule has 0 saturated heterocycles. The van der Waals surface area contributed by atoms with E-state index in [2.05, 4.69) is 15.6 Å². The molecule has 2 aromatic rings. The molecule has 3 rings (SSSR count). The standard InChI is InChI=1S/C20H15Cl2N3O4S/c1-11(26)23-20-25-19(28)17(30-20)8-12-2-5-14(6-3-12)29-10-18(27)24-13-4-7-15(21)16(22)9-13/h2-9H,10H2,1H3,(H,24,27)(H,23,25,26,28)/b17-8+. The number of halogens is 2. The molecule has 0 atom stereocenters. The summed E-state index contributed by atoms with van der Waals surface area (Å²) < 4.78 is 5.47. The molecule has 0 saturated carbocycles. The van der Waals surface area contributed by atoms with E-state index < -0.39 is 5.91 Å². The minimum Gasteiger partial charge on any atom is -0.484 e. The third-order valence-electron chi connectivity index (χ3n) is 3.65. The van der Waals surface area contributed by atoms with Gasteiger partial charge in [-0.05, 0) is 53.7 Å². The smallest absolute Gasteiger partial charge is 0.286 e. The summed E-state index contributed by atoms with van der Waals surface area (Å²) in [6.45, 7) is 1.15. The maximum atomic E-state index is 12.0. The number of benzene rings is 2. The van der Waals surface area contributed by atoms with Gasteiger partial charge in [-0.1, -0.05) is 35.3 Å². The molecule has 0 radical (unpaired) electrons. The van der Waals surface area contributed by atoms with Crippen LogP contribution >= 0.6 is 35.0 Å². The lowest BCUT2D eigenvalue weighted by molar-refractivity contribution is -0.118. The van der Waals surface area contributed by atoms with Crippen molar-refractivity contribution in [3.8, 4) is 5.75 Å². The molecule has 2 aromatic carbocycles. The largest absolute Gasteiger partial charge is 0.484 e. The predicted molar refractivity (Wildman–Crippen MR) is 119 cm³/mol. The molecule has 1 aliphatic rings. The molecule has 1 aliphatic heterocycles. The molecular formula is C20H15Cl2N3O4S. The van der Waals surface area contributed by atoms with Gasteiger partial charge in [-0.25, -0.2) is 0 Å². The summed E-state index contributed by atoms with van der Waals surface area (Å²) in [6.07, 6.45) is 1.66. The van der Waals surface area contributed by atoms with E-state index in [1.807, 2.05) is 0 Å². The van der Waals surface area contributed by atoms with Crippen molar-refractivity contribution in [1.29, 1.82) is 0 Å². The molecule has 1 heterocycles. The number of rotatable bonds is 5. The van der Waals surface area contributed by atoms with Crippen LogP contribution in [0, 0.1) is 0 Å². The highest BCUT2D eigenvalue weighted by atomic mass is 35.5. The fraction of sp³-hybridized carbons (Fsp3) is 0.100. The van der Waals surface area contributed by atoms with E-state index in [0.717, 1.165) is 17.3 Å². The summed E-state index contributed by atoms with van der Waals surface area (Å²) in [7, 11) is 0. The van der Waals surface area contributed by atoms with Crippen molar-refractivity contribution in [2.45, 2.75) is 6.92 Å². The Hall–Kier alpha value is -2.81. The highest BCUT2D eigenvalue weighted by Gasteiger charge is 2.22. The minimum absolute atomic E-state index is 0.192. The van der Waals surface area contributed by atoms with E-state index in [1.54, 1.807) is 48.5 Å². The normalized spacial score (nSPS) is 14.4. The van der Waals surface area contributed by atoms with Gasteiger partial charge in [-0.2, -0.15) is 4.99 Å². The highest BCUT2D eigenvalue weighted by Crippen LogP contribution is 2.28. The third kappa shape index (κ3) is 6.09. The Labute approximate surface area is 186 Å². The number of aliphatic imine (C=N–C) groups is 1. The SMILES string of the molecule is CC(=O)NC1=NC(=O)/C(=C\c2ccc(OCC(=O)Nc3ccc(Cl)c(Cl)c3)cc2)S1. The Bertz CT molecular complexity index is 1070. The molecule has 0 fully saturated rings. The summed E-state index contributed by atoms with van der Waals surface area (Å²) in [6, 6.07) is 11.6. The van der Waals surface area contributed by atoms with Crippen molar-refractivity contribution in [1.82, 2.24) is 5.32 Å². The number of ether oxygens (including phenoxy) is 1. The lowest BCUT2D eigenvalue weighted by atomic mass is 10.2. The van der Waals surface area contributed by atoms with Crippen LogP contribution in [-0.2, 0) is 14.4 Å². The molecule has 0 aromatic heterocycles. The zero-order chi connectivity index (χ0) is 21.7. The van der Waals surface area contributed by atoms with Gasteiger partial charge in [-0.15, -0.1) is 0 Å². The Morgan fingerprint density at radius 3 is 2.50 bits per heavy atom. The summed E-state index contributed by atoms with van der Waals surface area (Å²) in [5.41, 5.74) is 1.26. The molecule has 10 heteroatoms. The summed E-state index contributed by atoms with van der Waals surface area (Å²) in [5.74, 6) is -0.569. The molecule has 0 unspecified atom stereocenters. The number of hydrogen-bond acceptors (Lipinski definition) is 5. The van der Waals surface area contributed by atoms with Crippen LogP contribution in [0.25, 0.3) is 6.08 Å². The van der Waals surface area contributed by atoms with Gasteiger partial charge in [0.25, 0.3) is 11.8 Å². The molecule has 30 heavy (non-hydrogen) atoms. The first-order chi connectivity index (χ1) is 14.3. The van der Waals surface area contributed by atoms with Crippen LogP contribution in [0.2, 0.25) is 10.0 Å². The number of hydrogen-bond donors (Lipinski definition) is 2. The molecule has 154 valence electrons. The topological polar surface area (TPSA) is 96.9 Å². The first-order valence-electron chi connectivity index (χ1n) is 8.58. The van der Waals surface area contributed by atoms with Crippen molar-refractivity contribution in [2.75, 3.05) is 11.9 Å². The van der Waals surface area contributed by atoms with E-state index in [0.29, 0.717) is 26.4 Å². The summed E-state index contributed by atoms with van der Waals surface area (Å²) in [4.78, 5) is 39.1. The van der Waals surface area contributed by atoms with Gasteiger partial charge in [0.05, 0.1) is 15.0 Å². The molecule has 0 bridgehead atoms. The monoisotopic (exact) mass is 463 g/mol. The van der Waals surface area contributed by atoms with Crippen molar-refractivity contribution in [2.24, 2.45) is 4.99 Å². The van der Waals surface area contributed by atoms with Crippen LogP contribution in [0.15, 0.2) is 52.4 Å². The molecule has 0 spiro atoms. The van der Waals surface area contributed by atoms with Gasteiger partial charge in [-0.3, -0.25) is 14.4 Å². The zero-order valence-electron chi connectivity index (χ0n) is 15.6. The van der Waals surface area contributed by atoms with E-state index in [9.17, 15) is 14.4 Å². The third-order valence-corrected chi connectivity index (χ3v) is 5.29. The molecule has 0 aliphatic carbocycles. The van der Waals surface area contributed by atoms with E-state index in [4.69, 9.17) is 27.9 Å². The number of nitrogens with one attached hydrogen (secondary N) is 2. The Kier molecular flexibility index (Phi) is 7.15. The Morgan fingerprint density at radius 1 is 1.10 bits per heavy atom. The maximum absolute atomic E-state index is 12.0. The second kappa shape index (κ2) is 9.80. The van der Waals surface area contributed by atoms with Crippen LogP contribution in [0.3, 0.4) is 0 Å². The Morgan fingerprint density at radius 2 is 1.83 bits per heavy atom. The van der Waals surface area contributed by atoms with Crippen molar-refractivity contribution in [3.05, 3.63) is 63.0 Å². The quantitative estimate of drug-likeness (QED) is 0.649. The van der Waals surface area contributed by atoms with Crippen LogP contribution in [-0.4, -0.2) is 29.5 Å². The van der Waals surface area contributed by atoms with Crippen molar-refractivity contribution < 1.29 is 19.1 Å². The van der Waals surface area contributed by atoms with Crippen LogP contribution in [0.5, 0.6) is 5.75 Å². The van der Waals surface area contributed by atoms with Crippen LogP contribution in [0.4, 0.5) is 5.69 Å². The molecule has 2 N–H and O–H groups in total. The first kappa shape index (κ1) is 21.9. The van der Waals surface area contributed by atoms with E-state index >= 15 is 0 Å². The lowest BCUT2D eigenvalue weighted by Gasteiger charge is -2.08. The average molecular weight is 464 g/mol. The maximum Gasteiger partial charge on any atom is 0.286 e. The van der Waals surface area contributed by atoms with Gasteiger partial charge in [0.15, 0.2) is 11.8 Å². The van der Waals surface area contributed by atoms with Gasteiger partial charge >= 0.3 is 0 Å². The highest BCUT2D eigenvalue weighted by molar-refractivity contribution is 8.18. The van der Waals surface area contributed by atoms with Crippen molar-refractivity contribution in [3.63, 3.8) is 0 Å². The number of thioether (sulfide) groups is 1. The zero-order valence-corrected chi connectivity index (χ0v) is 17.9. The van der Waals surface area contributed by atoms with E-state index in [1.165, 1.54) is 6.92 Å². The van der Waals surface area contributed by atoms with Gasteiger partial charge in [0, 0.05) is 12.6 Å². The number of amidine groups is 1. The Balaban J connectivity index is 1.53.